The van der Waals surface area contributed by atoms with E-state index in [2.05, 4.69) is 14.9 Å². The van der Waals surface area contributed by atoms with Gasteiger partial charge in [0.25, 0.3) is 5.56 Å². The van der Waals surface area contributed by atoms with Crippen molar-refractivity contribution in [3.63, 3.8) is 0 Å². The van der Waals surface area contributed by atoms with E-state index >= 15 is 0 Å². The van der Waals surface area contributed by atoms with Crippen molar-refractivity contribution in [2.75, 3.05) is 7.11 Å². The van der Waals surface area contributed by atoms with Gasteiger partial charge < -0.3 is 9.84 Å². The number of aromatic nitrogens is 2. The van der Waals surface area contributed by atoms with Crippen molar-refractivity contribution >= 4 is 0 Å². The zero-order valence-electron chi connectivity index (χ0n) is 9.93. The Balaban J connectivity index is 2.41. The summed E-state index contributed by atoms with van der Waals surface area (Å²) in [6.07, 6.45) is 0.0252. The van der Waals surface area contributed by atoms with Crippen LogP contribution in [0.3, 0.4) is 0 Å². The van der Waals surface area contributed by atoms with Crippen LogP contribution in [0.4, 0.5) is 8.78 Å². The van der Waals surface area contributed by atoms with Gasteiger partial charge in [-0.15, -0.1) is 0 Å². The second kappa shape index (κ2) is 4.64. The monoisotopic (exact) mass is 254 g/mol. The normalized spacial score (nSPS) is 10.7. The van der Waals surface area contributed by atoms with E-state index in [9.17, 15) is 13.6 Å². The number of rotatable bonds is 3. The predicted molar refractivity (Wildman–Crippen MR) is 61.9 cm³/mol. The number of hydrogen-bond acceptors (Lipinski definition) is 2. The van der Waals surface area contributed by atoms with Gasteiger partial charge in [-0.25, -0.2) is 8.78 Å². The van der Waals surface area contributed by atoms with E-state index in [1.165, 1.54) is 7.11 Å². The van der Waals surface area contributed by atoms with Gasteiger partial charge in [0.15, 0.2) is 11.6 Å². The maximum Gasteiger partial charge on any atom is 0.267 e. The van der Waals surface area contributed by atoms with Crippen LogP contribution in [0.15, 0.2) is 16.9 Å². The highest BCUT2D eigenvalue weighted by molar-refractivity contribution is 5.34. The summed E-state index contributed by atoms with van der Waals surface area (Å²) in [5.41, 5.74) is 0.777. The zero-order valence-corrected chi connectivity index (χ0v) is 9.93. The fourth-order valence-corrected chi connectivity index (χ4v) is 1.74. The Morgan fingerprint density at radius 1 is 1.22 bits per heavy atom. The van der Waals surface area contributed by atoms with Crippen molar-refractivity contribution in [3.05, 3.63) is 50.9 Å². The summed E-state index contributed by atoms with van der Waals surface area (Å²) in [5.74, 6) is -1.41. The van der Waals surface area contributed by atoms with E-state index in [-0.39, 0.29) is 23.3 Å². The van der Waals surface area contributed by atoms with E-state index in [1.54, 1.807) is 6.92 Å². The van der Waals surface area contributed by atoms with Crippen LogP contribution in [0.25, 0.3) is 0 Å². The molecule has 2 rings (SSSR count). The molecule has 0 unspecified atom stereocenters. The predicted octanol–water partition coefficient (Wildman–Crippen LogP) is 1.89. The third-order valence-electron chi connectivity index (χ3n) is 2.78. The molecule has 4 nitrogen and oxygen atoms in total. The van der Waals surface area contributed by atoms with Crippen LogP contribution in [0.2, 0.25) is 0 Å². The number of ether oxygens (including phenoxy) is 1. The number of methoxy groups -OCH3 is 1. The van der Waals surface area contributed by atoms with Crippen molar-refractivity contribution in [2.24, 2.45) is 0 Å². The Kier molecular flexibility index (Phi) is 3.18. The summed E-state index contributed by atoms with van der Waals surface area (Å²) < 4.78 is 31.9. The molecule has 0 fully saturated rings. The third kappa shape index (κ3) is 2.13. The number of benzene rings is 1. The average molecular weight is 254 g/mol. The zero-order chi connectivity index (χ0) is 13.3. The SMILES string of the molecule is COc1cc(F)c(Cc2c(C)[nH][nH]c2=O)cc1F. The number of nitrogens with one attached hydrogen (secondary N) is 2. The number of aromatic amines is 2. The van der Waals surface area contributed by atoms with Gasteiger partial charge in [0.05, 0.1) is 7.11 Å². The van der Waals surface area contributed by atoms with Crippen LogP contribution in [0.1, 0.15) is 16.8 Å². The van der Waals surface area contributed by atoms with Gasteiger partial charge in [0.1, 0.15) is 5.82 Å². The Hall–Kier alpha value is -2.11. The minimum Gasteiger partial charge on any atom is -0.494 e. The van der Waals surface area contributed by atoms with Crippen molar-refractivity contribution in [1.29, 1.82) is 0 Å². The first-order valence-electron chi connectivity index (χ1n) is 5.31. The average Bonchev–Trinajstić information content (AvgIpc) is 2.65. The fourth-order valence-electron chi connectivity index (χ4n) is 1.74. The first-order chi connectivity index (χ1) is 8.52. The molecule has 96 valence electrons. The quantitative estimate of drug-likeness (QED) is 0.878. The van der Waals surface area contributed by atoms with E-state index in [1.807, 2.05) is 0 Å². The van der Waals surface area contributed by atoms with E-state index in [0.29, 0.717) is 11.3 Å². The molecule has 2 aromatic rings. The first-order valence-corrected chi connectivity index (χ1v) is 5.31. The number of H-pyrrole nitrogens is 2. The molecule has 0 radical (unpaired) electrons. The van der Waals surface area contributed by atoms with Crippen LogP contribution in [-0.4, -0.2) is 17.3 Å². The van der Waals surface area contributed by atoms with Gasteiger partial charge in [0.2, 0.25) is 0 Å². The summed E-state index contributed by atoms with van der Waals surface area (Å²) in [4.78, 5) is 11.4. The molecule has 0 amide bonds. The lowest BCUT2D eigenvalue weighted by Gasteiger charge is -2.06. The van der Waals surface area contributed by atoms with Crippen molar-refractivity contribution in [2.45, 2.75) is 13.3 Å². The molecule has 0 atom stereocenters. The summed E-state index contributed by atoms with van der Waals surface area (Å²) in [5, 5.41) is 5.03. The number of hydrogen-bond donors (Lipinski definition) is 2. The molecule has 0 saturated heterocycles. The smallest absolute Gasteiger partial charge is 0.267 e. The lowest BCUT2D eigenvalue weighted by atomic mass is 10.0. The van der Waals surface area contributed by atoms with Gasteiger partial charge in [-0.1, -0.05) is 0 Å². The molecule has 0 bridgehead atoms. The van der Waals surface area contributed by atoms with Crippen molar-refractivity contribution in [3.8, 4) is 5.75 Å². The minimum absolute atomic E-state index is 0.0252. The maximum atomic E-state index is 13.7. The molecule has 1 aromatic heterocycles. The van der Waals surface area contributed by atoms with Gasteiger partial charge in [-0.2, -0.15) is 0 Å². The Morgan fingerprint density at radius 3 is 2.50 bits per heavy atom. The highest BCUT2D eigenvalue weighted by Crippen LogP contribution is 2.22. The molecule has 1 aromatic carbocycles. The maximum absolute atomic E-state index is 13.7. The molecule has 2 N–H and O–H groups in total. The second-order valence-corrected chi connectivity index (χ2v) is 3.94. The molecule has 0 aliphatic carbocycles. The largest absolute Gasteiger partial charge is 0.494 e. The summed E-state index contributed by atoms with van der Waals surface area (Å²) >= 11 is 0. The first kappa shape index (κ1) is 12.3. The summed E-state index contributed by atoms with van der Waals surface area (Å²) in [6.45, 7) is 1.69. The van der Waals surface area contributed by atoms with Gasteiger partial charge in [-0.05, 0) is 18.6 Å². The molecule has 18 heavy (non-hydrogen) atoms. The van der Waals surface area contributed by atoms with E-state index in [4.69, 9.17) is 0 Å². The second-order valence-electron chi connectivity index (χ2n) is 3.94. The standard InChI is InChI=1S/C12H12F2N2O2/c1-6-8(12(17)16-15-6)3-7-4-10(14)11(18-2)5-9(7)13/h4-5H,3H2,1-2H3,(H2,15,16,17). The van der Waals surface area contributed by atoms with Gasteiger partial charge in [0, 0.05) is 23.7 Å². The highest BCUT2D eigenvalue weighted by atomic mass is 19.1. The molecule has 0 aliphatic rings. The molecular formula is C12H12F2N2O2. The number of halogens is 2. The Labute approximate surface area is 102 Å². The Bertz CT molecular complexity index is 631. The van der Waals surface area contributed by atoms with Crippen LogP contribution in [-0.2, 0) is 6.42 Å². The highest BCUT2D eigenvalue weighted by Gasteiger charge is 2.14. The van der Waals surface area contributed by atoms with E-state index < -0.39 is 11.6 Å². The summed E-state index contributed by atoms with van der Waals surface area (Å²) in [7, 11) is 1.26. The van der Waals surface area contributed by atoms with Crippen LogP contribution in [0, 0.1) is 18.6 Å². The van der Waals surface area contributed by atoms with Crippen molar-refractivity contribution < 1.29 is 13.5 Å². The van der Waals surface area contributed by atoms with Crippen LogP contribution >= 0.6 is 0 Å². The van der Waals surface area contributed by atoms with Gasteiger partial charge >= 0.3 is 0 Å². The van der Waals surface area contributed by atoms with Gasteiger partial charge in [-0.3, -0.25) is 9.89 Å². The summed E-state index contributed by atoms with van der Waals surface area (Å²) in [6, 6.07) is 2.01. The molecular weight excluding hydrogens is 242 g/mol. The Morgan fingerprint density at radius 2 is 1.94 bits per heavy atom. The lowest BCUT2D eigenvalue weighted by Crippen LogP contribution is -2.08. The van der Waals surface area contributed by atoms with Crippen LogP contribution in [0.5, 0.6) is 5.75 Å². The topological polar surface area (TPSA) is 57.9 Å². The van der Waals surface area contributed by atoms with Crippen LogP contribution < -0.4 is 10.3 Å². The van der Waals surface area contributed by atoms with E-state index in [0.717, 1.165) is 12.1 Å². The van der Waals surface area contributed by atoms with Crippen molar-refractivity contribution in [1.82, 2.24) is 10.2 Å². The molecule has 6 heteroatoms. The molecule has 0 spiro atoms. The lowest BCUT2D eigenvalue weighted by molar-refractivity contribution is 0.382. The molecule has 1 heterocycles. The molecule has 0 aliphatic heterocycles. The third-order valence-corrected chi connectivity index (χ3v) is 2.78. The fraction of sp³-hybridized carbons (Fsp3) is 0.250. The molecule has 0 saturated carbocycles. The minimum atomic E-state index is -0.654. The number of aryl methyl sites for hydroxylation is 1.